The first-order valence-electron chi connectivity index (χ1n) is 19.3. The van der Waals surface area contributed by atoms with Gasteiger partial charge in [-0.3, -0.25) is 0 Å². The quantitative estimate of drug-likeness (QED) is 0.171. The maximum Gasteiger partial charge on any atom is 0.136 e. The molecule has 1 heterocycles. The molecule has 0 spiro atoms. The van der Waals surface area contributed by atoms with E-state index in [0.29, 0.717) is 0 Å². The molecule has 3 heteroatoms. The number of para-hydroxylation sites is 4. The van der Waals surface area contributed by atoms with Crippen LogP contribution in [0.2, 0.25) is 0 Å². The minimum Gasteiger partial charge on any atom is -0.456 e. The van der Waals surface area contributed by atoms with Crippen molar-refractivity contribution in [3.8, 4) is 11.1 Å². The Morgan fingerprint density at radius 3 is 1.38 bits per heavy atom. The van der Waals surface area contributed by atoms with E-state index in [9.17, 15) is 0 Å². The summed E-state index contributed by atoms with van der Waals surface area (Å²) in [6, 6.07) is 69.9. The van der Waals surface area contributed by atoms with E-state index in [1.165, 1.54) is 43.8 Å². The van der Waals surface area contributed by atoms with E-state index in [-0.39, 0.29) is 5.41 Å². The highest BCUT2D eigenvalue weighted by atomic mass is 16.3. The van der Waals surface area contributed by atoms with Gasteiger partial charge in [0.05, 0.1) is 0 Å². The molecule has 3 nitrogen and oxygen atoms in total. The first kappa shape index (κ1) is 32.3. The van der Waals surface area contributed by atoms with Crippen LogP contribution in [0, 0.1) is 0 Å². The van der Waals surface area contributed by atoms with Crippen molar-refractivity contribution in [2.75, 3.05) is 9.80 Å². The van der Waals surface area contributed by atoms with Crippen LogP contribution in [-0.2, 0) is 5.41 Å². The fourth-order valence-electron chi connectivity index (χ4n) is 9.03. The fraction of sp³-hybridized carbons (Fsp3) is 0.0566. The zero-order valence-corrected chi connectivity index (χ0v) is 31.3. The van der Waals surface area contributed by atoms with Gasteiger partial charge in [-0.25, -0.2) is 0 Å². The van der Waals surface area contributed by atoms with Gasteiger partial charge in [-0.15, -0.1) is 0 Å². The third-order valence-corrected chi connectivity index (χ3v) is 11.7. The highest BCUT2D eigenvalue weighted by Crippen LogP contribution is 2.54. The van der Waals surface area contributed by atoms with Crippen LogP contribution in [-0.4, -0.2) is 0 Å². The lowest BCUT2D eigenvalue weighted by Crippen LogP contribution is -2.15. The van der Waals surface area contributed by atoms with E-state index in [4.69, 9.17) is 4.42 Å². The van der Waals surface area contributed by atoms with Crippen molar-refractivity contribution in [2.45, 2.75) is 19.3 Å². The molecular formula is C53H38N2O. The van der Waals surface area contributed by atoms with Crippen molar-refractivity contribution in [2.24, 2.45) is 0 Å². The predicted octanol–water partition coefficient (Wildman–Crippen LogP) is 15.1. The van der Waals surface area contributed by atoms with Gasteiger partial charge in [0.1, 0.15) is 11.2 Å². The minimum atomic E-state index is -0.185. The van der Waals surface area contributed by atoms with Gasteiger partial charge in [0.25, 0.3) is 0 Å². The molecular weight excluding hydrogens is 681 g/mol. The molecule has 1 aromatic heterocycles. The summed E-state index contributed by atoms with van der Waals surface area (Å²) < 4.78 is 6.73. The summed E-state index contributed by atoms with van der Waals surface area (Å²) in [5.41, 5.74) is 13.6. The molecule has 9 aromatic carbocycles. The van der Waals surface area contributed by atoms with Crippen LogP contribution in [0.1, 0.15) is 25.0 Å². The molecule has 11 rings (SSSR count). The van der Waals surface area contributed by atoms with Crippen LogP contribution in [0.5, 0.6) is 0 Å². The van der Waals surface area contributed by atoms with Crippen molar-refractivity contribution >= 4 is 77.6 Å². The Balaban J connectivity index is 1.05. The number of fused-ring (bicyclic) bond motifs is 9. The van der Waals surface area contributed by atoms with Crippen LogP contribution in [0.25, 0.3) is 54.6 Å². The second kappa shape index (κ2) is 12.5. The lowest BCUT2D eigenvalue weighted by atomic mass is 9.81. The Labute approximate surface area is 326 Å². The first-order valence-corrected chi connectivity index (χ1v) is 19.3. The van der Waals surface area contributed by atoms with Gasteiger partial charge in [0.2, 0.25) is 0 Å². The number of benzene rings is 9. The van der Waals surface area contributed by atoms with Crippen molar-refractivity contribution in [1.29, 1.82) is 0 Å². The highest BCUT2D eigenvalue weighted by molar-refractivity contribution is 6.18. The average Bonchev–Trinajstić information content (AvgIpc) is 3.71. The second-order valence-electron chi connectivity index (χ2n) is 15.4. The minimum absolute atomic E-state index is 0.185. The molecule has 56 heavy (non-hydrogen) atoms. The summed E-state index contributed by atoms with van der Waals surface area (Å²) >= 11 is 0. The average molecular weight is 719 g/mol. The molecule has 0 amide bonds. The van der Waals surface area contributed by atoms with Crippen LogP contribution < -0.4 is 9.80 Å². The molecule has 0 N–H and O–H groups in total. The van der Waals surface area contributed by atoms with Gasteiger partial charge in [-0.2, -0.15) is 0 Å². The Morgan fingerprint density at radius 2 is 0.857 bits per heavy atom. The van der Waals surface area contributed by atoms with Gasteiger partial charge in [0, 0.05) is 50.3 Å². The Bertz CT molecular complexity index is 3020. The fourth-order valence-corrected chi connectivity index (χ4v) is 9.03. The van der Waals surface area contributed by atoms with E-state index >= 15 is 0 Å². The molecule has 0 fully saturated rings. The Kier molecular flexibility index (Phi) is 7.20. The zero-order chi connectivity index (χ0) is 37.4. The van der Waals surface area contributed by atoms with Gasteiger partial charge in [-0.05, 0) is 147 Å². The molecule has 0 aliphatic heterocycles. The normalized spacial score (nSPS) is 13.0. The Hall–Kier alpha value is -7.10. The first-order chi connectivity index (χ1) is 27.5. The summed E-state index contributed by atoms with van der Waals surface area (Å²) in [7, 11) is 0. The third-order valence-electron chi connectivity index (χ3n) is 11.7. The van der Waals surface area contributed by atoms with E-state index in [1.54, 1.807) is 0 Å². The number of rotatable bonds is 6. The van der Waals surface area contributed by atoms with Gasteiger partial charge >= 0.3 is 0 Å². The Morgan fingerprint density at radius 1 is 0.375 bits per heavy atom. The SMILES string of the molecule is CC1(C)c2cc3cc(N(c4ccccc4)c4ccccc4)ccc3cc2-c2c1ccc1oc3cc4cc(N(c5ccccc5)c5ccccc5)ccc4cc3c21. The largest absolute Gasteiger partial charge is 0.456 e. The van der Waals surface area contributed by atoms with E-state index in [0.717, 1.165) is 56.1 Å². The summed E-state index contributed by atoms with van der Waals surface area (Å²) in [5, 5.41) is 7.13. The number of nitrogens with zero attached hydrogens (tertiary/aromatic N) is 2. The molecule has 0 bridgehead atoms. The number of hydrogen-bond acceptors (Lipinski definition) is 3. The number of hydrogen-bond donors (Lipinski definition) is 0. The van der Waals surface area contributed by atoms with Gasteiger partial charge in [0.15, 0.2) is 0 Å². The van der Waals surface area contributed by atoms with E-state index < -0.39 is 0 Å². The molecule has 0 radical (unpaired) electrons. The highest BCUT2D eigenvalue weighted by Gasteiger charge is 2.38. The standard InChI is InChI=1S/C53H38N2O/c1-53(2)47-27-28-49-52(46-32-36-24-26-44(30-38(36)34-50(46)56-49)55(41-19-11-5-12-20-41)42-21-13-6-14-22-42)51(47)45-31-35-23-25-43(29-37(35)33-48(45)53)54(39-15-7-3-8-16-39)40-17-9-4-10-18-40/h3-34H,1-2H3. The molecule has 266 valence electrons. The molecule has 1 aliphatic rings. The number of furan rings is 1. The van der Waals surface area contributed by atoms with Crippen molar-refractivity contribution in [1.82, 2.24) is 0 Å². The molecule has 0 saturated heterocycles. The lowest BCUT2D eigenvalue weighted by Gasteiger charge is -2.26. The summed E-state index contributed by atoms with van der Waals surface area (Å²) in [6.45, 7) is 4.73. The van der Waals surface area contributed by atoms with Crippen LogP contribution in [0.3, 0.4) is 0 Å². The van der Waals surface area contributed by atoms with Crippen molar-refractivity contribution in [3.05, 3.63) is 205 Å². The molecule has 0 saturated carbocycles. The van der Waals surface area contributed by atoms with E-state index in [1.807, 2.05) is 0 Å². The topological polar surface area (TPSA) is 19.6 Å². The summed E-state index contributed by atoms with van der Waals surface area (Å²) in [4.78, 5) is 4.64. The van der Waals surface area contributed by atoms with Crippen LogP contribution >= 0.6 is 0 Å². The predicted molar refractivity (Wildman–Crippen MR) is 236 cm³/mol. The van der Waals surface area contributed by atoms with Crippen LogP contribution in [0.15, 0.2) is 199 Å². The van der Waals surface area contributed by atoms with Gasteiger partial charge < -0.3 is 14.2 Å². The van der Waals surface area contributed by atoms with E-state index in [2.05, 4.69) is 218 Å². The maximum absolute atomic E-state index is 6.73. The van der Waals surface area contributed by atoms with Crippen molar-refractivity contribution < 1.29 is 4.42 Å². The summed E-state index contributed by atoms with van der Waals surface area (Å²) in [5.74, 6) is 0. The molecule has 1 aliphatic carbocycles. The molecule has 0 unspecified atom stereocenters. The summed E-state index contributed by atoms with van der Waals surface area (Å²) in [6.07, 6.45) is 0. The smallest absolute Gasteiger partial charge is 0.136 e. The lowest BCUT2D eigenvalue weighted by molar-refractivity contribution is 0.657. The van der Waals surface area contributed by atoms with Crippen LogP contribution in [0.4, 0.5) is 34.1 Å². The molecule has 0 atom stereocenters. The number of anilines is 6. The van der Waals surface area contributed by atoms with Gasteiger partial charge in [-0.1, -0.05) is 105 Å². The monoisotopic (exact) mass is 718 g/mol. The second-order valence-corrected chi connectivity index (χ2v) is 15.4. The zero-order valence-electron chi connectivity index (χ0n) is 31.3. The van der Waals surface area contributed by atoms with Crippen molar-refractivity contribution in [3.63, 3.8) is 0 Å². The maximum atomic E-state index is 6.73. The molecule has 10 aromatic rings. The third kappa shape index (κ3) is 5.05.